The second-order valence-corrected chi connectivity index (χ2v) is 9.64. The Kier molecular flexibility index (Phi) is 8.51. The SMILES string of the molecule is C#CCOc1c(/C=C2/SC(=S)N(NC(=O)Nc3ccc(Cl)c(Cl)c3)C2=O)cc(Br)cc1OC. The van der Waals surface area contributed by atoms with Crippen molar-refractivity contribution in [3.63, 3.8) is 0 Å². The van der Waals surface area contributed by atoms with E-state index in [1.165, 1.54) is 19.2 Å². The van der Waals surface area contributed by atoms with Crippen molar-refractivity contribution < 1.29 is 19.1 Å². The van der Waals surface area contributed by atoms with Crippen LogP contribution in [0.2, 0.25) is 10.0 Å². The average molecular weight is 587 g/mol. The zero-order valence-corrected chi connectivity index (χ0v) is 21.5. The Morgan fingerprint density at radius 3 is 2.76 bits per heavy atom. The zero-order valence-electron chi connectivity index (χ0n) is 16.8. The number of methoxy groups -OCH3 is 1. The number of hydrazine groups is 1. The van der Waals surface area contributed by atoms with Crippen molar-refractivity contribution in [3.8, 4) is 23.8 Å². The number of terminal acetylenes is 1. The topological polar surface area (TPSA) is 79.9 Å². The van der Waals surface area contributed by atoms with E-state index in [1.54, 1.807) is 24.3 Å². The predicted molar refractivity (Wildman–Crippen MR) is 139 cm³/mol. The molecule has 2 N–H and O–H groups in total. The molecule has 0 aliphatic carbocycles. The second-order valence-electron chi connectivity index (χ2n) is 6.23. The number of carbonyl (C=O) groups is 2. The van der Waals surface area contributed by atoms with Gasteiger partial charge < -0.3 is 14.8 Å². The Balaban J connectivity index is 1.81. The maximum atomic E-state index is 12.9. The smallest absolute Gasteiger partial charge is 0.338 e. The Bertz CT molecular complexity index is 1220. The summed E-state index contributed by atoms with van der Waals surface area (Å²) in [5.41, 5.74) is 3.35. The number of benzene rings is 2. The average Bonchev–Trinajstić information content (AvgIpc) is 3.02. The highest BCUT2D eigenvalue weighted by Gasteiger charge is 2.34. The molecule has 2 aromatic rings. The van der Waals surface area contributed by atoms with Crippen molar-refractivity contribution >= 4 is 91.1 Å². The molecule has 2 aromatic carbocycles. The van der Waals surface area contributed by atoms with Gasteiger partial charge in [0.2, 0.25) is 0 Å². The molecule has 170 valence electrons. The zero-order chi connectivity index (χ0) is 24.1. The van der Waals surface area contributed by atoms with Crippen molar-refractivity contribution in [2.45, 2.75) is 0 Å². The number of urea groups is 1. The number of hydrogen-bond acceptors (Lipinski definition) is 6. The van der Waals surface area contributed by atoms with E-state index in [-0.39, 0.29) is 20.9 Å². The molecule has 0 bridgehead atoms. The molecule has 1 aliphatic rings. The third-order valence-electron chi connectivity index (χ3n) is 4.04. The van der Waals surface area contributed by atoms with Crippen LogP contribution in [0.5, 0.6) is 11.5 Å². The highest BCUT2D eigenvalue weighted by atomic mass is 79.9. The van der Waals surface area contributed by atoms with E-state index in [4.69, 9.17) is 51.3 Å². The first-order valence-corrected chi connectivity index (χ1v) is 11.7. The molecule has 1 heterocycles. The number of carbonyl (C=O) groups excluding carboxylic acids is 2. The number of nitrogens with zero attached hydrogens (tertiary/aromatic N) is 1. The minimum Gasteiger partial charge on any atom is -0.493 e. The van der Waals surface area contributed by atoms with Gasteiger partial charge in [0, 0.05) is 15.7 Å². The highest BCUT2D eigenvalue weighted by molar-refractivity contribution is 9.10. The molecular weight excluding hydrogens is 573 g/mol. The van der Waals surface area contributed by atoms with Crippen molar-refractivity contribution in [1.82, 2.24) is 10.4 Å². The molecule has 0 aromatic heterocycles. The minimum atomic E-state index is -0.687. The van der Waals surface area contributed by atoms with Gasteiger partial charge in [-0.1, -0.05) is 56.8 Å². The van der Waals surface area contributed by atoms with Crippen molar-refractivity contribution in [1.29, 1.82) is 0 Å². The van der Waals surface area contributed by atoms with Gasteiger partial charge >= 0.3 is 6.03 Å². The first-order valence-electron chi connectivity index (χ1n) is 8.98. The number of ether oxygens (including phenoxy) is 2. The molecule has 12 heteroatoms. The maximum absolute atomic E-state index is 12.9. The Labute approximate surface area is 217 Å². The van der Waals surface area contributed by atoms with Gasteiger partial charge in [-0.05, 0) is 48.6 Å². The van der Waals surface area contributed by atoms with Crippen LogP contribution in [0.4, 0.5) is 10.5 Å². The lowest BCUT2D eigenvalue weighted by Gasteiger charge is -2.16. The molecule has 3 amide bonds. The van der Waals surface area contributed by atoms with Crippen LogP contribution in [0.25, 0.3) is 6.08 Å². The van der Waals surface area contributed by atoms with Gasteiger partial charge in [-0.2, -0.15) is 5.01 Å². The fraction of sp³-hybridized carbons (Fsp3) is 0.0952. The van der Waals surface area contributed by atoms with Gasteiger partial charge in [0.15, 0.2) is 15.8 Å². The molecule has 1 fully saturated rings. The number of halogens is 3. The maximum Gasteiger partial charge on any atom is 0.338 e. The monoisotopic (exact) mass is 585 g/mol. The third-order valence-corrected chi connectivity index (χ3v) is 6.54. The Hall–Kier alpha value is -2.42. The van der Waals surface area contributed by atoms with Crippen LogP contribution in [0.3, 0.4) is 0 Å². The highest BCUT2D eigenvalue weighted by Crippen LogP contribution is 2.39. The standard InChI is InChI=1S/C21H14BrCl2N3O4S2/c1-3-6-31-18-11(7-12(22)9-16(18)30-2)8-17-19(28)27(21(32)33-17)26-20(29)25-13-4-5-14(23)15(24)10-13/h1,4-5,7-10H,6H2,2H3,(H2,25,26,29)/b17-8+. The molecule has 7 nitrogen and oxygen atoms in total. The lowest BCUT2D eigenvalue weighted by atomic mass is 10.1. The van der Waals surface area contributed by atoms with Gasteiger partial charge in [-0.3, -0.25) is 4.79 Å². The summed E-state index contributed by atoms with van der Waals surface area (Å²) >= 11 is 21.5. The minimum absolute atomic E-state index is 0.0102. The molecule has 33 heavy (non-hydrogen) atoms. The third kappa shape index (κ3) is 6.13. The molecule has 3 rings (SSSR count). The molecule has 0 radical (unpaired) electrons. The van der Waals surface area contributed by atoms with Crippen LogP contribution >= 0.6 is 63.1 Å². The summed E-state index contributed by atoms with van der Waals surface area (Å²) in [6.45, 7) is 0.0102. The van der Waals surface area contributed by atoms with Crippen molar-refractivity contribution in [2.24, 2.45) is 0 Å². The van der Waals surface area contributed by atoms with Gasteiger partial charge in [0.05, 0.1) is 22.1 Å². The molecule has 0 unspecified atom stereocenters. The number of amides is 3. The summed E-state index contributed by atoms with van der Waals surface area (Å²) in [7, 11) is 1.49. The number of nitrogens with one attached hydrogen (secondary N) is 2. The second kappa shape index (κ2) is 11.1. The van der Waals surface area contributed by atoms with E-state index in [2.05, 4.69) is 32.6 Å². The lowest BCUT2D eigenvalue weighted by molar-refractivity contribution is -0.123. The number of rotatable bonds is 6. The van der Waals surface area contributed by atoms with Crippen LogP contribution in [0.1, 0.15) is 5.56 Å². The van der Waals surface area contributed by atoms with Crippen molar-refractivity contribution in [3.05, 3.63) is 55.3 Å². The Morgan fingerprint density at radius 2 is 2.09 bits per heavy atom. The molecule has 1 aliphatic heterocycles. The van der Waals surface area contributed by atoms with Gasteiger partial charge in [0.25, 0.3) is 5.91 Å². The normalized spacial score (nSPS) is 14.3. The summed E-state index contributed by atoms with van der Waals surface area (Å²) in [5.74, 6) is 2.68. The van der Waals surface area contributed by atoms with Crippen molar-refractivity contribution in [2.75, 3.05) is 19.0 Å². The van der Waals surface area contributed by atoms with Gasteiger partial charge in [-0.15, -0.1) is 6.42 Å². The fourth-order valence-electron chi connectivity index (χ4n) is 2.66. The lowest BCUT2D eigenvalue weighted by Crippen LogP contribution is -2.46. The first kappa shape index (κ1) is 25.2. The molecular formula is C21H14BrCl2N3O4S2. The largest absolute Gasteiger partial charge is 0.493 e. The summed E-state index contributed by atoms with van der Waals surface area (Å²) < 4.78 is 11.8. The number of anilines is 1. The van der Waals surface area contributed by atoms with E-state index in [1.807, 2.05) is 0 Å². The quantitative estimate of drug-likeness (QED) is 0.256. The number of thiocarbonyl (C=S) groups is 1. The van der Waals surface area contributed by atoms with E-state index >= 15 is 0 Å². The molecule has 1 saturated heterocycles. The van der Waals surface area contributed by atoms with Crippen LogP contribution in [0, 0.1) is 12.3 Å². The van der Waals surface area contributed by atoms with E-state index < -0.39 is 11.9 Å². The Morgan fingerprint density at radius 1 is 1.33 bits per heavy atom. The van der Waals surface area contributed by atoms with Crippen LogP contribution < -0.4 is 20.2 Å². The van der Waals surface area contributed by atoms with Crippen LogP contribution in [-0.2, 0) is 4.79 Å². The summed E-state index contributed by atoms with van der Waals surface area (Å²) in [5, 5.41) is 4.15. The summed E-state index contributed by atoms with van der Waals surface area (Å²) in [6.07, 6.45) is 6.88. The number of thioether (sulfide) groups is 1. The predicted octanol–water partition coefficient (Wildman–Crippen LogP) is 5.71. The number of hydrogen-bond donors (Lipinski definition) is 2. The summed E-state index contributed by atoms with van der Waals surface area (Å²) in [6, 6.07) is 7.35. The van der Waals surface area contributed by atoms with Crippen LogP contribution in [-0.4, -0.2) is 35.0 Å². The van der Waals surface area contributed by atoms with E-state index in [9.17, 15) is 9.59 Å². The summed E-state index contributed by atoms with van der Waals surface area (Å²) in [4.78, 5) is 25.6. The van der Waals surface area contributed by atoms with Gasteiger partial charge in [-0.25, -0.2) is 10.2 Å². The molecule has 0 saturated carbocycles. The first-order chi connectivity index (χ1) is 15.7. The molecule has 0 atom stereocenters. The van der Waals surface area contributed by atoms with Gasteiger partial charge in [0.1, 0.15) is 6.61 Å². The van der Waals surface area contributed by atoms with E-state index in [0.29, 0.717) is 32.2 Å². The van der Waals surface area contributed by atoms with Crippen LogP contribution in [0.15, 0.2) is 39.7 Å². The molecule has 0 spiro atoms. The fourth-order valence-corrected chi connectivity index (χ4v) is 4.58. The van der Waals surface area contributed by atoms with E-state index in [0.717, 1.165) is 16.8 Å².